The van der Waals surface area contributed by atoms with Crippen molar-refractivity contribution in [1.82, 2.24) is 15.3 Å². The van der Waals surface area contributed by atoms with E-state index in [1.54, 1.807) is 62.4 Å². The number of anilines is 1. The van der Waals surface area contributed by atoms with Gasteiger partial charge < -0.3 is 14.7 Å². The van der Waals surface area contributed by atoms with Gasteiger partial charge in [-0.15, -0.1) is 0 Å². The van der Waals surface area contributed by atoms with Crippen LogP contribution in [-0.4, -0.2) is 39.6 Å². The molecule has 4 aromatic carbocycles. The molecule has 0 bridgehead atoms. The van der Waals surface area contributed by atoms with E-state index in [0.717, 1.165) is 16.0 Å². The highest BCUT2D eigenvalue weighted by atomic mass is 19.1. The number of carbonyl (C=O) groups excluding carboxylic acids is 1. The van der Waals surface area contributed by atoms with Gasteiger partial charge in [0.15, 0.2) is 0 Å². The molecule has 0 radical (unpaired) electrons. The first-order valence-corrected chi connectivity index (χ1v) is 14.7. The lowest BCUT2D eigenvalue weighted by Crippen LogP contribution is -2.58. The summed E-state index contributed by atoms with van der Waals surface area (Å²) < 4.78 is 49.7. The van der Waals surface area contributed by atoms with Gasteiger partial charge in [0.05, 0.1) is 13.1 Å². The van der Waals surface area contributed by atoms with Crippen molar-refractivity contribution in [3.63, 3.8) is 0 Å². The number of aryl methyl sites for hydroxylation is 2. The average molecular weight is 639 g/mol. The molecule has 2 N–H and O–H groups in total. The van der Waals surface area contributed by atoms with Crippen LogP contribution in [0.3, 0.4) is 0 Å². The summed E-state index contributed by atoms with van der Waals surface area (Å²) in [5.41, 5.74) is 1.29. The number of nitrogens with one attached hydrogen (secondary N) is 1. The third-order valence-electron chi connectivity index (χ3n) is 8.09. The summed E-state index contributed by atoms with van der Waals surface area (Å²) in [5, 5.41) is 14.0. The topological polar surface area (TPSA) is 105 Å². The van der Waals surface area contributed by atoms with Crippen LogP contribution in [0.2, 0.25) is 0 Å². The van der Waals surface area contributed by atoms with Gasteiger partial charge in [-0.25, -0.2) is 27.9 Å². The fourth-order valence-electron chi connectivity index (χ4n) is 6.03. The van der Waals surface area contributed by atoms with Crippen molar-refractivity contribution < 1.29 is 32.6 Å². The predicted octanol–water partition coefficient (Wildman–Crippen LogP) is 6.09. The molecule has 2 heterocycles. The molecular formula is C36H29F3N4O4. The fraction of sp³-hybridized carbons (Fsp3) is 0.167. The standard InChI is InChI=1S/C36H29F3N4O4/c1-21-15-22(2)42-35(41-21)47-33(34(45)46)36(25-12-8-11-24(16-25)23-9-4-3-5-10-23)28-13-6-7-14-31(28)43(32(44)19-40-36)20-27-29(38)17-26(37)18-30(27)39/h3-18,33,40H,19-20H2,1-2H3,(H,45,46)/t33-,36+/m1/s1. The highest BCUT2D eigenvalue weighted by Crippen LogP contribution is 2.43. The molecule has 1 aliphatic heterocycles. The predicted molar refractivity (Wildman–Crippen MR) is 168 cm³/mol. The zero-order chi connectivity index (χ0) is 33.3. The van der Waals surface area contributed by atoms with Crippen LogP contribution in [0.4, 0.5) is 18.9 Å². The van der Waals surface area contributed by atoms with Gasteiger partial charge in [-0.3, -0.25) is 10.1 Å². The van der Waals surface area contributed by atoms with Gasteiger partial charge in [0.25, 0.3) is 0 Å². The summed E-state index contributed by atoms with van der Waals surface area (Å²) in [5.74, 6) is -5.43. The molecule has 11 heteroatoms. The summed E-state index contributed by atoms with van der Waals surface area (Å²) in [7, 11) is 0. The van der Waals surface area contributed by atoms with Gasteiger partial charge in [0, 0.05) is 40.3 Å². The van der Waals surface area contributed by atoms with E-state index >= 15 is 0 Å². The number of carbonyl (C=O) groups is 2. The van der Waals surface area contributed by atoms with E-state index in [-0.39, 0.29) is 17.3 Å². The Labute approximate surface area is 268 Å². The first-order chi connectivity index (χ1) is 22.6. The zero-order valence-corrected chi connectivity index (χ0v) is 25.4. The quantitative estimate of drug-likeness (QED) is 0.212. The summed E-state index contributed by atoms with van der Waals surface area (Å²) in [4.78, 5) is 37.0. The lowest BCUT2D eigenvalue weighted by atomic mass is 9.76. The number of amides is 1. The Bertz CT molecular complexity index is 1950. The van der Waals surface area contributed by atoms with Crippen molar-refractivity contribution in [2.45, 2.75) is 32.0 Å². The normalized spacial score (nSPS) is 16.7. The molecule has 6 rings (SSSR count). The lowest BCUT2D eigenvalue weighted by molar-refractivity contribution is -0.149. The minimum Gasteiger partial charge on any atom is -0.478 e. The molecule has 1 aromatic heterocycles. The number of aromatic nitrogens is 2. The number of fused-ring (bicyclic) bond motifs is 1. The molecule has 0 saturated carbocycles. The second kappa shape index (κ2) is 12.7. The molecule has 0 aliphatic carbocycles. The molecule has 2 atom stereocenters. The van der Waals surface area contributed by atoms with Crippen LogP contribution in [0, 0.1) is 31.3 Å². The molecule has 1 amide bonds. The lowest BCUT2D eigenvalue weighted by Gasteiger charge is -2.39. The number of nitrogens with zero attached hydrogens (tertiary/aromatic N) is 3. The van der Waals surface area contributed by atoms with E-state index in [9.17, 15) is 27.9 Å². The molecule has 0 spiro atoms. The average Bonchev–Trinajstić information content (AvgIpc) is 3.16. The number of hydrogen-bond acceptors (Lipinski definition) is 6. The maximum Gasteiger partial charge on any atom is 0.347 e. The van der Waals surface area contributed by atoms with Gasteiger partial charge in [-0.1, -0.05) is 66.7 Å². The van der Waals surface area contributed by atoms with Crippen molar-refractivity contribution in [3.05, 3.63) is 143 Å². The van der Waals surface area contributed by atoms with Gasteiger partial charge in [0.2, 0.25) is 12.0 Å². The molecule has 238 valence electrons. The number of aliphatic carboxylic acids is 1. The van der Waals surface area contributed by atoms with Crippen LogP contribution in [0.25, 0.3) is 11.1 Å². The van der Waals surface area contributed by atoms with Crippen molar-refractivity contribution in [2.75, 3.05) is 11.4 Å². The second-order valence-corrected chi connectivity index (χ2v) is 11.2. The Kier molecular flexibility index (Phi) is 8.48. The maximum absolute atomic E-state index is 14.9. The van der Waals surface area contributed by atoms with Crippen molar-refractivity contribution in [3.8, 4) is 17.1 Å². The zero-order valence-electron chi connectivity index (χ0n) is 25.4. The molecule has 0 unspecified atom stereocenters. The van der Waals surface area contributed by atoms with Crippen LogP contribution >= 0.6 is 0 Å². The summed E-state index contributed by atoms with van der Waals surface area (Å²) in [6.07, 6.45) is -1.76. The molecule has 1 aliphatic rings. The van der Waals surface area contributed by atoms with E-state index < -0.39 is 59.6 Å². The molecule has 5 aromatic rings. The van der Waals surface area contributed by atoms with Crippen molar-refractivity contribution in [2.24, 2.45) is 0 Å². The van der Waals surface area contributed by atoms with Crippen LogP contribution in [-0.2, 0) is 21.7 Å². The SMILES string of the molecule is Cc1cc(C)nc(O[C@H](C(=O)O)[C@@]2(c3cccc(-c4ccccc4)c3)NCC(=O)N(Cc3c(F)cc(F)cc3F)c3ccccc32)n1. The summed E-state index contributed by atoms with van der Waals surface area (Å²) in [6.45, 7) is 2.39. The van der Waals surface area contributed by atoms with E-state index in [2.05, 4.69) is 15.3 Å². The highest BCUT2D eigenvalue weighted by molar-refractivity contribution is 5.97. The Morgan fingerprint density at radius 2 is 1.53 bits per heavy atom. The first kappa shape index (κ1) is 31.4. The van der Waals surface area contributed by atoms with Gasteiger partial charge >= 0.3 is 12.0 Å². The molecule has 47 heavy (non-hydrogen) atoms. The summed E-state index contributed by atoms with van der Waals surface area (Å²) in [6, 6.07) is 25.7. The van der Waals surface area contributed by atoms with Gasteiger partial charge in [-0.05, 0) is 48.7 Å². The number of carboxylic acid groups (broad SMARTS) is 1. The Hall–Kier alpha value is -5.55. The van der Waals surface area contributed by atoms with Crippen LogP contribution in [0.15, 0.2) is 97.1 Å². The van der Waals surface area contributed by atoms with Crippen molar-refractivity contribution >= 4 is 17.6 Å². The van der Waals surface area contributed by atoms with Crippen molar-refractivity contribution in [1.29, 1.82) is 0 Å². The maximum atomic E-state index is 14.9. The number of benzene rings is 4. The van der Waals surface area contributed by atoms with Gasteiger partial charge in [-0.2, -0.15) is 0 Å². The largest absolute Gasteiger partial charge is 0.478 e. The van der Waals surface area contributed by atoms with Crippen LogP contribution < -0.4 is 15.0 Å². The Morgan fingerprint density at radius 3 is 2.21 bits per heavy atom. The van der Waals surface area contributed by atoms with Crippen LogP contribution in [0.5, 0.6) is 6.01 Å². The minimum atomic E-state index is -1.78. The Morgan fingerprint density at radius 1 is 0.894 bits per heavy atom. The molecule has 0 saturated heterocycles. The number of rotatable bonds is 8. The highest BCUT2D eigenvalue weighted by Gasteiger charge is 2.52. The van der Waals surface area contributed by atoms with Gasteiger partial charge in [0.1, 0.15) is 23.0 Å². The van der Waals surface area contributed by atoms with E-state index in [1.807, 2.05) is 36.4 Å². The fourth-order valence-corrected chi connectivity index (χ4v) is 6.03. The third kappa shape index (κ3) is 6.05. The third-order valence-corrected chi connectivity index (χ3v) is 8.09. The minimum absolute atomic E-state index is 0.173. The monoisotopic (exact) mass is 638 g/mol. The number of halogens is 3. The van der Waals surface area contributed by atoms with E-state index in [0.29, 0.717) is 29.1 Å². The number of hydrogen-bond donors (Lipinski definition) is 2. The number of ether oxygens (including phenoxy) is 1. The molecular weight excluding hydrogens is 609 g/mol. The van der Waals surface area contributed by atoms with E-state index in [1.165, 1.54) is 0 Å². The second-order valence-electron chi connectivity index (χ2n) is 11.2. The number of carboxylic acids is 1. The summed E-state index contributed by atoms with van der Waals surface area (Å²) >= 11 is 0. The Balaban J connectivity index is 1.60. The van der Waals surface area contributed by atoms with Crippen LogP contribution in [0.1, 0.15) is 28.1 Å². The smallest absolute Gasteiger partial charge is 0.347 e. The molecule has 0 fully saturated rings. The van der Waals surface area contributed by atoms with E-state index in [4.69, 9.17) is 4.74 Å². The number of para-hydroxylation sites is 1. The first-order valence-electron chi connectivity index (χ1n) is 14.7. The molecule has 8 nitrogen and oxygen atoms in total.